The van der Waals surface area contributed by atoms with Gasteiger partial charge in [-0.1, -0.05) is 34.8 Å². The van der Waals surface area contributed by atoms with E-state index >= 15 is 0 Å². The zero-order valence-corrected chi connectivity index (χ0v) is 10.7. The third-order valence-corrected chi connectivity index (χ3v) is 4.10. The van der Waals surface area contributed by atoms with Gasteiger partial charge in [-0.2, -0.15) is 0 Å². The van der Waals surface area contributed by atoms with Crippen LogP contribution >= 0.6 is 15.9 Å². The minimum Gasteiger partial charge on any atom is -0.309 e. The highest BCUT2D eigenvalue weighted by atomic mass is 79.9. The van der Waals surface area contributed by atoms with Gasteiger partial charge in [0.25, 0.3) is 0 Å². The van der Waals surface area contributed by atoms with Crippen LogP contribution < -0.4 is 4.90 Å². The van der Waals surface area contributed by atoms with Crippen molar-refractivity contribution in [3.05, 3.63) is 28.2 Å². The number of halogens is 1. The lowest BCUT2D eigenvalue weighted by atomic mass is 10.1. The van der Waals surface area contributed by atoms with Crippen LogP contribution in [0, 0.1) is 0 Å². The molecule has 3 heteroatoms. The zero-order valence-electron chi connectivity index (χ0n) is 9.08. The number of anilines is 1. The molecule has 0 bridgehead atoms. The number of nitrogens with zero attached hydrogens (tertiary/aromatic N) is 1. The number of amides is 1. The summed E-state index contributed by atoms with van der Waals surface area (Å²) in [5, 5.41) is 0. The van der Waals surface area contributed by atoms with Gasteiger partial charge in [0.05, 0.1) is 6.42 Å². The maximum atomic E-state index is 12.0. The average Bonchev–Trinajstić information content (AvgIpc) is 2.83. The predicted molar refractivity (Wildman–Crippen MR) is 67.6 cm³/mol. The summed E-state index contributed by atoms with van der Waals surface area (Å²) >= 11 is 3.48. The van der Waals surface area contributed by atoms with Crippen molar-refractivity contribution in [2.45, 2.75) is 38.1 Å². The van der Waals surface area contributed by atoms with Crippen LogP contribution in [-0.2, 0) is 11.2 Å². The maximum Gasteiger partial charge on any atom is 0.231 e. The van der Waals surface area contributed by atoms with E-state index in [2.05, 4.69) is 28.1 Å². The molecule has 0 spiro atoms. The maximum absolute atomic E-state index is 12.0. The number of hydrogen-bond acceptors (Lipinski definition) is 1. The highest BCUT2D eigenvalue weighted by Gasteiger charge is 2.34. The van der Waals surface area contributed by atoms with Crippen LogP contribution in [0.2, 0.25) is 0 Å². The molecule has 1 heterocycles. The Hall–Kier alpha value is -0.830. The lowest BCUT2D eigenvalue weighted by molar-refractivity contribution is -0.117. The first-order valence-electron chi connectivity index (χ1n) is 5.86. The molecule has 0 radical (unpaired) electrons. The van der Waals surface area contributed by atoms with Crippen molar-refractivity contribution in [3.8, 4) is 0 Å². The highest BCUT2D eigenvalue weighted by molar-refractivity contribution is 9.10. The third-order valence-electron chi connectivity index (χ3n) is 3.61. The molecular formula is C13H14BrNO. The molecule has 3 rings (SSSR count). The molecule has 0 N–H and O–H groups in total. The summed E-state index contributed by atoms with van der Waals surface area (Å²) in [6.07, 6.45) is 5.43. The Morgan fingerprint density at radius 1 is 1.25 bits per heavy atom. The molecule has 1 aliphatic heterocycles. The first-order valence-corrected chi connectivity index (χ1v) is 6.65. The molecular weight excluding hydrogens is 266 g/mol. The summed E-state index contributed by atoms with van der Waals surface area (Å²) in [6, 6.07) is 6.61. The molecule has 2 nitrogen and oxygen atoms in total. The third kappa shape index (κ3) is 1.58. The van der Waals surface area contributed by atoms with Gasteiger partial charge in [0.15, 0.2) is 0 Å². The average molecular weight is 280 g/mol. The van der Waals surface area contributed by atoms with Crippen LogP contribution in [0.3, 0.4) is 0 Å². The van der Waals surface area contributed by atoms with Crippen LogP contribution in [0.15, 0.2) is 22.7 Å². The molecule has 1 aromatic carbocycles. The number of rotatable bonds is 1. The van der Waals surface area contributed by atoms with Gasteiger partial charge in [-0.3, -0.25) is 4.79 Å². The van der Waals surface area contributed by atoms with Crippen molar-refractivity contribution in [3.63, 3.8) is 0 Å². The van der Waals surface area contributed by atoms with Gasteiger partial charge in [-0.05, 0) is 30.5 Å². The van der Waals surface area contributed by atoms with Crippen LogP contribution in [0.1, 0.15) is 31.2 Å². The molecule has 84 valence electrons. The van der Waals surface area contributed by atoms with Crippen LogP contribution in [0.25, 0.3) is 0 Å². The van der Waals surface area contributed by atoms with E-state index in [0.29, 0.717) is 12.5 Å². The number of fused-ring (bicyclic) bond motifs is 1. The van der Waals surface area contributed by atoms with Gasteiger partial charge in [-0.15, -0.1) is 0 Å². The SMILES string of the molecule is O=C1Cc2ccc(Br)cc2N1C1CCCC1. The summed E-state index contributed by atoms with van der Waals surface area (Å²) in [4.78, 5) is 14.1. The molecule has 2 aliphatic rings. The molecule has 0 aromatic heterocycles. The fourth-order valence-corrected chi connectivity index (χ4v) is 3.20. The van der Waals surface area contributed by atoms with E-state index < -0.39 is 0 Å². The molecule has 1 saturated carbocycles. The van der Waals surface area contributed by atoms with E-state index in [9.17, 15) is 4.79 Å². The lowest BCUT2D eigenvalue weighted by Crippen LogP contribution is -2.35. The number of benzene rings is 1. The molecule has 0 atom stereocenters. The smallest absolute Gasteiger partial charge is 0.231 e. The van der Waals surface area contributed by atoms with Gasteiger partial charge in [0, 0.05) is 16.2 Å². The molecule has 1 fully saturated rings. The molecule has 0 saturated heterocycles. The fraction of sp³-hybridized carbons (Fsp3) is 0.462. The highest BCUT2D eigenvalue weighted by Crippen LogP contribution is 2.37. The Morgan fingerprint density at radius 3 is 2.75 bits per heavy atom. The Kier molecular flexibility index (Phi) is 2.51. The van der Waals surface area contributed by atoms with E-state index in [1.807, 2.05) is 11.0 Å². The Morgan fingerprint density at radius 2 is 2.00 bits per heavy atom. The van der Waals surface area contributed by atoms with Crippen molar-refractivity contribution < 1.29 is 4.79 Å². The lowest BCUT2D eigenvalue weighted by Gasteiger charge is -2.24. The van der Waals surface area contributed by atoms with Gasteiger partial charge in [-0.25, -0.2) is 0 Å². The zero-order chi connectivity index (χ0) is 11.1. The summed E-state index contributed by atoms with van der Waals surface area (Å²) in [5.74, 6) is 0.278. The Balaban J connectivity index is 2.00. The second kappa shape index (κ2) is 3.88. The predicted octanol–water partition coefficient (Wildman–Crippen LogP) is 3.28. The standard InChI is InChI=1S/C13H14BrNO/c14-10-6-5-9-7-13(16)15(12(9)8-10)11-3-1-2-4-11/h5-6,8,11H,1-4,7H2. The molecule has 1 aromatic rings. The van der Waals surface area contributed by atoms with Crippen LogP contribution in [0.5, 0.6) is 0 Å². The summed E-state index contributed by atoms with van der Waals surface area (Å²) < 4.78 is 1.06. The quantitative estimate of drug-likeness (QED) is 0.773. The van der Waals surface area contributed by atoms with Gasteiger partial charge < -0.3 is 4.90 Å². The van der Waals surface area contributed by atoms with E-state index in [1.165, 1.54) is 18.4 Å². The van der Waals surface area contributed by atoms with Crippen molar-refractivity contribution >= 4 is 27.5 Å². The number of hydrogen-bond donors (Lipinski definition) is 0. The van der Waals surface area contributed by atoms with Crippen molar-refractivity contribution in [1.82, 2.24) is 0 Å². The van der Waals surface area contributed by atoms with Crippen molar-refractivity contribution in [2.24, 2.45) is 0 Å². The minimum absolute atomic E-state index is 0.278. The Labute approximate surface area is 104 Å². The minimum atomic E-state index is 0.278. The van der Waals surface area contributed by atoms with E-state index in [1.54, 1.807) is 0 Å². The summed E-state index contributed by atoms with van der Waals surface area (Å²) in [5.41, 5.74) is 2.31. The largest absolute Gasteiger partial charge is 0.309 e. The van der Waals surface area contributed by atoms with Crippen molar-refractivity contribution in [2.75, 3.05) is 4.90 Å². The normalized spacial score (nSPS) is 20.6. The summed E-state index contributed by atoms with van der Waals surface area (Å²) in [7, 11) is 0. The first kappa shape index (κ1) is 10.3. The molecule has 1 aliphatic carbocycles. The first-order chi connectivity index (χ1) is 7.75. The van der Waals surface area contributed by atoms with Crippen LogP contribution in [-0.4, -0.2) is 11.9 Å². The van der Waals surface area contributed by atoms with E-state index in [-0.39, 0.29) is 5.91 Å². The fourth-order valence-electron chi connectivity index (χ4n) is 2.86. The van der Waals surface area contributed by atoms with Crippen LogP contribution in [0.4, 0.5) is 5.69 Å². The Bertz CT molecular complexity index is 438. The topological polar surface area (TPSA) is 20.3 Å². The number of carbonyl (C=O) groups excluding carboxylic acids is 1. The van der Waals surface area contributed by atoms with Crippen molar-refractivity contribution in [1.29, 1.82) is 0 Å². The van der Waals surface area contributed by atoms with E-state index in [4.69, 9.17) is 0 Å². The number of carbonyl (C=O) groups is 1. The van der Waals surface area contributed by atoms with E-state index in [0.717, 1.165) is 23.0 Å². The van der Waals surface area contributed by atoms with Gasteiger partial charge in [0.1, 0.15) is 0 Å². The second-order valence-electron chi connectivity index (χ2n) is 4.65. The monoisotopic (exact) mass is 279 g/mol. The summed E-state index contributed by atoms with van der Waals surface area (Å²) in [6.45, 7) is 0. The molecule has 0 unspecified atom stereocenters. The molecule has 1 amide bonds. The van der Waals surface area contributed by atoms with Gasteiger partial charge >= 0.3 is 0 Å². The second-order valence-corrected chi connectivity index (χ2v) is 5.57. The molecule has 16 heavy (non-hydrogen) atoms. The van der Waals surface area contributed by atoms with Gasteiger partial charge in [0.2, 0.25) is 5.91 Å².